The summed E-state index contributed by atoms with van der Waals surface area (Å²) in [6.45, 7) is 12.8. The van der Waals surface area contributed by atoms with Crippen LogP contribution in [0.5, 0.6) is 0 Å². The van der Waals surface area contributed by atoms with E-state index in [0.29, 0.717) is 37.0 Å². The van der Waals surface area contributed by atoms with Crippen LogP contribution in [0.15, 0.2) is 0 Å². The molecule has 13 unspecified atom stereocenters. The third-order valence-corrected chi connectivity index (χ3v) is 14.8. The van der Waals surface area contributed by atoms with Crippen LogP contribution in [0.2, 0.25) is 0 Å². The Morgan fingerprint density at radius 2 is 1.48 bits per heavy atom. The van der Waals surface area contributed by atoms with Crippen molar-refractivity contribution in [3.05, 3.63) is 0 Å². The van der Waals surface area contributed by atoms with Crippen molar-refractivity contribution in [3.63, 3.8) is 0 Å². The van der Waals surface area contributed by atoms with E-state index in [1.54, 1.807) is 0 Å². The van der Waals surface area contributed by atoms with Crippen LogP contribution in [0.4, 0.5) is 0 Å². The van der Waals surface area contributed by atoms with Crippen LogP contribution in [-0.4, -0.2) is 61.1 Å². The maximum absolute atomic E-state index is 12.7. The summed E-state index contributed by atoms with van der Waals surface area (Å²) in [5.41, 5.74) is -3.11. The van der Waals surface area contributed by atoms with Gasteiger partial charge in [-0.05, 0) is 110 Å². The van der Waals surface area contributed by atoms with Crippen molar-refractivity contribution >= 4 is 13.8 Å². The summed E-state index contributed by atoms with van der Waals surface area (Å²) in [6.07, 6.45) is 1.97. The number of carboxylic acid groups (broad SMARTS) is 1. The van der Waals surface area contributed by atoms with Crippen LogP contribution < -0.4 is 0 Å². The van der Waals surface area contributed by atoms with Gasteiger partial charge in [-0.1, -0.05) is 34.6 Å². The largest absolute Gasteiger partial charge is 0.481 e. The first kappa shape index (κ1) is 30.9. The highest BCUT2D eigenvalue weighted by Crippen LogP contribution is 2.77. The minimum absolute atomic E-state index is 0.0246. The van der Waals surface area contributed by atoms with Crippen molar-refractivity contribution in [1.29, 1.82) is 0 Å². The van der Waals surface area contributed by atoms with Crippen molar-refractivity contribution in [2.75, 3.05) is 6.61 Å². The maximum Gasteiger partial charge on any atom is 0.469 e. The molecule has 0 aromatic rings. The monoisotopic (exact) mass is 586 g/mol. The number of rotatable bonds is 5. The highest BCUT2D eigenvalue weighted by molar-refractivity contribution is 7.46. The summed E-state index contributed by atoms with van der Waals surface area (Å²) in [5, 5.41) is 44.3. The number of phosphoric acid groups is 1. The summed E-state index contributed by atoms with van der Waals surface area (Å²) in [7, 11) is -4.98. The van der Waals surface area contributed by atoms with Gasteiger partial charge in [-0.2, -0.15) is 0 Å². The van der Waals surface area contributed by atoms with Crippen molar-refractivity contribution in [2.24, 2.45) is 62.6 Å². The lowest BCUT2D eigenvalue weighted by Crippen LogP contribution is -2.75. The number of aliphatic hydroxyl groups excluding tert-OH is 3. The van der Waals surface area contributed by atoms with Crippen LogP contribution in [0.25, 0.3) is 0 Å². The van der Waals surface area contributed by atoms with Crippen LogP contribution in [-0.2, 0) is 13.9 Å². The van der Waals surface area contributed by atoms with E-state index in [1.165, 1.54) is 19.8 Å². The van der Waals surface area contributed by atoms with Gasteiger partial charge in [0.15, 0.2) is 0 Å². The summed E-state index contributed by atoms with van der Waals surface area (Å²) < 4.78 is 17.1. The van der Waals surface area contributed by atoms with E-state index in [4.69, 9.17) is 4.52 Å². The number of fused-ring (bicyclic) bond motifs is 7. The van der Waals surface area contributed by atoms with Gasteiger partial charge in [-0.15, -0.1) is 0 Å². The fourth-order valence-electron chi connectivity index (χ4n) is 12.3. The van der Waals surface area contributed by atoms with Gasteiger partial charge in [-0.3, -0.25) is 9.32 Å². The molecular formula is C30H51O9P. The Morgan fingerprint density at radius 3 is 2.05 bits per heavy atom. The fraction of sp³-hybridized carbons (Fsp3) is 0.967. The number of hydrogen-bond acceptors (Lipinski definition) is 6. The lowest BCUT2D eigenvalue weighted by molar-refractivity contribution is -0.299. The molecule has 0 aromatic carbocycles. The summed E-state index contributed by atoms with van der Waals surface area (Å²) in [4.78, 5) is 32.2. The molecule has 5 aliphatic carbocycles. The molecule has 0 aromatic heterocycles. The highest BCUT2D eigenvalue weighted by Gasteiger charge is 2.75. The third kappa shape index (κ3) is 3.80. The summed E-state index contributed by atoms with van der Waals surface area (Å²) in [5.74, 6) is -0.567. The molecule has 0 saturated heterocycles. The first-order chi connectivity index (χ1) is 18.3. The smallest absolute Gasteiger partial charge is 0.469 e. The Kier molecular flexibility index (Phi) is 7.32. The number of hydrogen-bond donors (Lipinski definition) is 6. The van der Waals surface area contributed by atoms with Gasteiger partial charge in [0.25, 0.3) is 0 Å². The van der Waals surface area contributed by atoms with Crippen molar-refractivity contribution in [2.45, 2.75) is 111 Å². The number of carboxylic acids is 1. The van der Waals surface area contributed by atoms with Crippen LogP contribution in [0.3, 0.4) is 0 Å². The molecule has 5 saturated carbocycles. The number of phosphoric ester groups is 1. The lowest BCUT2D eigenvalue weighted by Gasteiger charge is -2.72. The van der Waals surface area contributed by atoms with Gasteiger partial charge in [0.2, 0.25) is 0 Å². The highest BCUT2D eigenvalue weighted by atomic mass is 31.2. The predicted octanol–water partition coefficient (Wildman–Crippen LogP) is 4.20. The molecule has 5 rings (SSSR count). The molecule has 6 N–H and O–H groups in total. The zero-order chi connectivity index (χ0) is 29.8. The molecule has 0 amide bonds. The van der Waals surface area contributed by atoms with Crippen LogP contribution in [0, 0.1) is 62.6 Å². The molecule has 0 bridgehead atoms. The molecule has 0 radical (unpaired) electrons. The molecule has 0 heterocycles. The standard InChI is InChI=1S/C30H51O9P/c1-16(2)17-7-9-20-26(17,3)13-14-27(4)18-8-10-21-29(6,25(34)35)23(32)22(31)24(33)30(21,15-39-40(36,37)38)19(18)11-12-28(20,27)5/h16-24,31-33H,7-15H2,1-6H3,(H,34,35)(H2,36,37,38). The van der Waals surface area contributed by atoms with Gasteiger partial charge >= 0.3 is 13.8 Å². The minimum Gasteiger partial charge on any atom is -0.481 e. The second-order valence-electron chi connectivity index (χ2n) is 15.5. The van der Waals surface area contributed by atoms with Crippen molar-refractivity contribution < 1.29 is 44.1 Å². The van der Waals surface area contributed by atoms with E-state index in [1.807, 2.05) is 0 Å². The lowest BCUT2D eigenvalue weighted by atomic mass is 9.32. The van der Waals surface area contributed by atoms with Crippen LogP contribution >= 0.6 is 7.82 Å². The second kappa shape index (κ2) is 9.48. The number of aliphatic carboxylic acids is 1. The molecule has 13 atom stereocenters. The SMILES string of the molecule is CC(C)C1CCC2C1(C)CCC1(C)C3CCC4C(C)(C(=O)O)C(O)C(O)C(O)C4(COP(=O)(O)O)C3CCC21C. The number of carbonyl (C=O) groups is 1. The third-order valence-electron chi connectivity index (χ3n) is 14.3. The second-order valence-corrected chi connectivity index (χ2v) is 16.8. The Hall–Kier alpha value is -0.540. The Morgan fingerprint density at radius 1 is 0.850 bits per heavy atom. The van der Waals surface area contributed by atoms with Crippen molar-refractivity contribution in [1.82, 2.24) is 0 Å². The maximum atomic E-state index is 12.7. The first-order valence-electron chi connectivity index (χ1n) is 15.3. The molecule has 0 aliphatic heterocycles. The molecule has 10 heteroatoms. The molecule has 5 fully saturated rings. The van der Waals surface area contributed by atoms with Gasteiger partial charge < -0.3 is 30.2 Å². The summed E-state index contributed by atoms with van der Waals surface area (Å²) >= 11 is 0. The number of aliphatic hydroxyl groups is 3. The van der Waals surface area contributed by atoms with Crippen molar-refractivity contribution in [3.8, 4) is 0 Å². The Labute approximate surface area is 238 Å². The van der Waals surface area contributed by atoms with E-state index in [2.05, 4.69) is 34.6 Å². The van der Waals surface area contributed by atoms with Gasteiger partial charge in [0.1, 0.15) is 6.10 Å². The quantitative estimate of drug-likeness (QED) is 0.259. The van der Waals surface area contributed by atoms with E-state index < -0.39 is 55.5 Å². The molecule has 40 heavy (non-hydrogen) atoms. The average molecular weight is 587 g/mol. The normalized spacial score (nSPS) is 54.3. The molecule has 5 aliphatic rings. The van der Waals surface area contributed by atoms with E-state index in [-0.39, 0.29) is 28.1 Å². The first-order valence-corrected chi connectivity index (χ1v) is 16.8. The van der Waals surface area contributed by atoms with E-state index in [9.17, 15) is 39.6 Å². The average Bonchev–Trinajstić information content (AvgIpc) is 3.23. The zero-order valence-corrected chi connectivity index (χ0v) is 25.8. The molecule has 230 valence electrons. The Balaban J connectivity index is 1.62. The Bertz CT molecular complexity index is 1080. The zero-order valence-electron chi connectivity index (χ0n) is 24.9. The molecular weight excluding hydrogens is 535 g/mol. The summed E-state index contributed by atoms with van der Waals surface area (Å²) in [6, 6.07) is 0. The van der Waals surface area contributed by atoms with Gasteiger partial charge in [0.05, 0.1) is 24.2 Å². The van der Waals surface area contributed by atoms with Gasteiger partial charge in [0, 0.05) is 5.41 Å². The fourth-order valence-corrected chi connectivity index (χ4v) is 12.7. The predicted molar refractivity (Wildman–Crippen MR) is 148 cm³/mol. The topological polar surface area (TPSA) is 165 Å². The van der Waals surface area contributed by atoms with Gasteiger partial charge in [-0.25, -0.2) is 4.57 Å². The van der Waals surface area contributed by atoms with E-state index >= 15 is 0 Å². The molecule has 9 nitrogen and oxygen atoms in total. The molecule has 0 spiro atoms. The minimum atomic E-state index is -4.98. The van der Waals surface area contributed by atoms with E-state index in [0.717, 1.165) is 19.3 Å². The van der Waals surface area contributed by atoms with Crippen LogP contribution in [0.1, 0.15) is 92.9 Å².